The van der Waals surface area contributed by atoms with E-state index < -0.39 is 45.0 Å². The molecule has 1 heterocycles. The van der Waals surface area contributed by atoms with Crippen molar-refractivity contribution in [2.24, 2.45) is 0 Å². The smallest absolute Gasteiger partial charge is 0.490 e. The van der Waals surface area contributed by atoms with E-state index in [0.29, 0.717) is 42.3 Å². The van der Waals surface area contributed by atoms with Crippen LogP contribution in [-0.4, -0.2) is 60.4 Å². The van der Waals surface area contributed by atoms with Gasteiger partial charge in [0.1, 0.15) is 23.4 Å². The van der Waals surface area contributed by atoms with E-state index in [9.17, 15) is 26.4 Å². The molecule has 4 N–H and O–H groups in total. The molecule has 1 aromatic heterocycles. The normalized spacial score (nSPS) is 13.9. The summed E-state index contributed by atoms with van der Waals surface area (Å²) in [4.78, 5) is 28.7. The summed E-state index contributed by atoms with van der Waals surface area (Å²) < 4.78 is 79.2. The number of carboxylic acids is 1. The van der Waals surface area contributed by atoms with Crippen LogP contribution in [0.15, 0.2) is 77.8 Å². The second kappa shape index (κ2) is 14.9. The van der Waals surface area contributed by atoms with Gasteiger partial charge >= 0.3 is 12.1 Å². The third-order valence-electron chi connectivity index (χ3n) is 7.74. The summed E-state index contributed by atoms with van der Waals surface area (Å²) in [5.74, 6) is -2.96. The van der Waals surface area contributed by atoms with E-state index in [0.717, 1.165) is 17.2 Å². The number of benzene rings is 3. The van der Waals surface area contributed by atoms with E-state index in [1.54, 1.807) is 55.7 Å². The fourth-order valence-electron chi connectivity index (χ4n) is 5.06. The number of carbonyl (C=O) groups excluding carboxylic acids is 1. The van der Waals surface area contributed by atoms with Gasteiger partial charge in [0.25, 0.3) is 0 Å². The number of carbonyl (C=O) groups is 2. The zero-order valence-corrected chi connectivity index (χ0v) is 26.8. The van der Waals surface area contributed by atoms with Crippen LogP contribution in [0.3, 0.4) is 0 Å². The third kappa shape index (κ3) is 8.32. The highest BCUT2D eigenvalue weighted by Crippen LogP contribution is 2.34. The summed E-state index contributed by atoms with van der Waals surface area (Å²) in [5, 5.41) is 11.5. The minimum Gasteiger partial charge on any atom is -0.494 e. The van der Waals surface area contributed by atoms with Crippen LogP contribution >= 0.6 is 0 Å². The molecule has 4 aromatic rings. The molecular weight excluding hydrogens is 656 g/mol. The number of hydrogen-bond donors (Lipinski definition) is 3. The van der Waals surface area contributed by atoms with Gasteiger partial charge in [-0.25, -0.2) is 22.6 Å². The van der Waals surface area contributed by atoms with Gasteiger partial charge in [-0.2, -0.15) is 13.2 Å². The van der Waals surface area contributed by atoms with Crippen LogP contribution in [0, 0.1) is 5.82 Å². The Bertz CT molecular complexity index is 1900. The molecule has 0 spiro atoms. The van der Waals surface area contributed by atoms with Gasteiger partial charge in [0.15, 0.2) is 9.84 Å². The van der Waals surface area contributed by atoms with E-state index in [2.05, 4.69) is 10.3 Å². The first kappa shape index (κ1) is 35.9. The number of halogens is 4. The summed E-state index contributed by atoms with van der Waals surface area (Å²) >= 11 is 0. The minimum atomic E-state index is -5.08. The Balaban J connectivity index is 0.000000671. The Labute approximate surface area is 274 Å². The number of fused-ring (bicyclic) bond motifs is 1. The number of alkyl halides is 3. The molecule has 3 aromatic carbocycles. The summed E-state index contributed by atoms with van der Waals surface area (Å²) in [6, 6.07) is 17.1. The number of carboxylic acid groups (broad SMARTS) is 1. The molecule has 1 aliphatic carbocycles. The van der Waals surface area contributed by atoms with E-state index in [4.69, 9.17) is 20.4 Å². The van der Waals surface area contributed by atoms with Crippen LogP contribution in [-0.2, 0) is 26.0 Å². The van der Waals surface area contributed by atoms with Crippen LogP contribution < -0.4 is 15.8 Å². The predicted molar refractivity (Wildman–Crippen MR) is 172 cm³/mol. The summed E-state index contributed by atoms with van der Waals surface area (Å²) in [5.41, 5.74) is 7.20. The topological polar surface area (TPSA) is 152 Å². The van der Waals surface area contributed by atoms with Crippen molar-refractivity contribution in [1.29, 1.82) is 0 Å². The van der Waals surface area contributed by atoms with Gasteiger partial charge in [-0.15, -0.1) is 0 Å². The SMILES string of the molecule is CCOc1ccc(F)c(C(Nc2ccc3c(N)nccc3c2)C(=O)N(C)Cc2ccccc2S(=O)(=O)C2CCC2)c1.O=C(O)C(F)(F)F. The molecule has 0 bridgehead atoms. The number of nitrogens with zero attached hydrogens (tertiary/aromatic N) is 2. The average molecular weight is 691 g/mol. The maximum Gasteiger partial charge on any atom is 0.490 e. The molecule has 1 atom stereocenters. The van der Waals surface area contributed by atoms with Crippen molar-refractivity contribution in [3.8, 4) is 5.75 Å². The van der Waals surface area contributed by atoms with E-state index >= 15 is 4.39 Å². The van der Waals surface area contributed by atoms with Crippen molar-refractivity contribution in [2.45, 2.75) is 55.1 Å². The lowest BCUT2D eigenvalue weighted by molar-refractivity contribution is -0.192. The number of nitrogens with one attached hydrogen (secondary N) is 1. The molecule has 5 rings (SSSR count). The van der Waals surface area contributed by atoms with Gasteiger partial charge in [0, 0.05) is 36.4 Å². The number of nitrogen functional groups attached to an aromatic ring is 1. The summed E-state index contributed by atoms with van der Waals surface area (Å²) in [7, 11) is -1.93. The van der Waals surface area contributed by atoms with Gasteiger partial charge in [-0.05, 0) is 79.2 Å². The highest BCUT2D eigenvalue weighted by Gasteiger charge is 2.38. The van der Waals surface area contributed by atoms with Crippen LogP contribution in [0.25, 0.3) is 10.8 Å². The molecular formula is C33H34F4N4O6S. The first-order valence-corrected chi connectivity index (χ1v) is 16.4. The zero-order chi connectivity index (χ0) is 35.2. The Morgan fingerprint density at radius 2 is 1.79 bits per heavy atom. The molecule has 0 aliphatic heterocycles. The molecule has 1 saturated carbocycles. The van der Waals surface area contributed by atoms with Crippen LogP contribution in [0.1, 0.15) is 43.4 Å². The van der Waals surface area contributed by atoms with Gasteiger partial charge in [0.2, 0.25) is 5.91 Å². The number of nitrogens with two attached hydrogens (primary N) is 1. The maximum absolute atomic E-state index is 15.3. The quantitative estimate of drug-likeness (QED) is 0.167. The number of aromatic nitrogens is 1. The second-order valence-electron chi connectivity index (χ2n) is 11.0. The first-order chi connectivity index (χ1) is 22.6. The van der Waals surface area contributed by atoms with E-state index in [-0.39, 0.29) is 17.0 Å². The first-order valence-electron chi connectivity index (χ1n) is 14.8. The molecule has 1 unspecified atom stereocenters. The van der Waals surface area contributed by atoms with Gasteiger partial charge in [-0.3, -0.25) is 4.79 Å². The Morgan fingerprint density at radius 1 is 1.10 bits per heavy atom. The molecule has 1 aliphatic rings. The molecule has 0 saturated heterocycles. The number of likely N-dealkylation sites (N-methyl/N-ethyl adjacent to an activating group) is 1. The van der Waals surface area contributed by atoms with Crippen molar-refractivity contribution < 1.29 is 45.4 Å². The molecule has 48 heavy (non-hydrogen) atoms. The largest absolute Gasteiger partial charge is 0.494 e. The third-order valence-corrected chi connectivity index (χ3v) is 10.1. The lowest BCUT2D eigenvalue weighted by Gasteiger charge is -2.29. The number of ether oxygens (including phenoxy) is 1. The number of aliphatic carboxylic acids is 1. The monoisotopic (exact) mass is 690 g/mol. The number of sulfone groups is 1. The van der Waals surface area contributed by atoms with Crippen molar-refractivity contribution >= 4 is 44.0 Å². The van der Waals surface area contributed by atoms with Gasteiger partial charge in [0.05, 0.1) is 16.8 Å². The van der Waals surface area contributed by atoms with Crippen molar-refractivity contribution in [3.63, 3.8) is 0 Å². The average Bonchev–Trinajstić information content (AvgIpc) is 3.00. The molecule has 15 heteroatoms. The molecule has 1 amide bonds. The van der Waals surface area contributed by atoms with Crippen molar-refractivity contribution in [3.05, 3.63) is 89.9 Å². The highest BCUT2D eigenvalue weighted by atomic mass is 32.2. The van der Waals surface area contributed by atoms with Gasteiger partial charge in [-0.1, -0.05) is 24.6 Å². The summed E-state index contributed by atoms with van der Waals surface area (Å²) in [6.07, 6.45) is -1.32. The fourth-order valence-corrected chi connectivity index (χ4v) is 7.14. The number of amides is 1. The standard InChI is InChI=1S/C31H33FN4O4S.C2HF3O2/c1-3-40-23-12-14-27(32)26(18-23)29(35-22-11-13-25-20(17-22)15-16-34-30(25)33)31(37)36(2)19-21-7-4-5-10-28(21)41(38,39)24-8-6-9-24;3-2(4,5)1(6)7/h4-5,7,10-18,24,29,35H,3,6,8-9,19H2,1-2H3,(H2,33,34);(H,6,7). The molecule has 256 valence electrons. The number of anilines is 2. The Hall–Kier alpha value is -4.92. The Kier molecular flexibility index (Phi) is 11.1. The Morgan fingerprint density at radius 3 is 2.42 bits per heavy atom. The van der Waals surface area contributed by atoms with Crippen LogP contribution in [0.5, 0.6) is 5.75 Å². The lowest BCUT2D eigenvalue weighted by atomic mass is 10.00. The minimum absolute atomic E-state index is 0.0336. The van der Waals surface area contributed by atoms with E-state index in [1.165, 1.54) is 23.1 Å². The zero-order valence-electron chi connectivity index (χ0n) is 26.0. The predicted octanol–water partition coefficient (Wildman–Crippen LogP) is 6.13. The van der Waals surface area contributed by atoms with Crippen molar-refractivity contribution in [1.82, 2.24) is 9.88 Å². The number of pyridine rings is 1. The van der Waals surface area contributed by atoms with Gasteiger partial charge < -0.3 is 25.8 Å². The molecule has 10 nitrogen and oxygen atoms in total. The molecule has 0 radical (unpaired) electrons. The van der Waals surface area contributed by atoms with E-state index in [1.807, 2.05) is 13.0 Å². The van der Waals surface area contributed by atoms with Crippen LogP contribution in [0.4, 0.5) is 29.1 Å². The fraction of sp³-hybridized carbons (Fsp3) is 0.303. The lowest BCUT2D eigenvalue weighted by Crippen LogP contribution is -2.36. The summed E-state index contributed by atoms with van der Waals surface area (Å²) in [6.45, 7) is 2.23. The molecule has 1 fully saturated rings. The number of hydrogen-bond acceptors (Lipinski definition) is 8. The number of rotatable bonds is 10. The van der Waals surface area contributed by atoms with Crippen molar-refractivity contribution in [2.75, 3.05) is 24.7 Å². The second-order valence-corrected chi connectivity index (χ2v) is 13.2. The highest BCUT2D eigenvalue weighted by molar-refractivity contribution is 7.92. The van der Waals surface area contributed by atoms with Crippen LogP contribution in [0.2, 0.25) is 0 Å². The maximum atomic E-state index is 15.3.